The third-order valence-corrected chi connectivity index (χ3v) is 3.60. The second kappa shape index (κ2) is 5.63. The van der Waals surface area contributed by atoms with Crippen LogP contribution in [0.3, 0.4) is 0 Å². The van der Waals surface area contributed by atoms with Gasteiger partial charge in [-0.05, 0) is 64.8 Å². The lowest BCUT2D eigenvalue weighted by atomic mass is 10.1. The highest BCUT2D eigenvalue weighted by atomic mass is 79.9. The van der Waals surface area contributed by atoms with Crippen LogP contribution in [0.15, 0.2) is 40.9 Å². The fourth-order valence-corrected chi connectivity index (χ4v) is 2.38. The van der Waals surface area contributed by atoms with Crippen molar-refractivity contribution in [2.24, 2.45) is 0 Å². The first-order valence-electron chi connectivity index (χ1n) is 5.60. The van der Waals surface area contributed by atoms with Crippen LogP contribution in [0, 0.1) is 6.92 Å². The number of rotatable bonds is 2. The van der Waals surface area contributed by atoms with Crippen molar-refractivity contribution < 1.29 is 4.79 Å². The summed E-state index contributed by atoms with van der Waals surface area (Å²) in [5, 5.41) is 3.42. The average Bonchev–Trinajstić information content (AvgIpc) is 2.36. The number of carbonyl (C=O) groups excluding carboxylic acids is 1. The van der Waals surface area contributed by atoms with Gasteiger partial charge in [-0.25, -0.2) is 0 Å². The Morgan fingerprint density at radius 3 is 2.63 bits per heavy atom. The third kappa shape index (κ3) is 3.28. The van der Waals surface area contributed by atoms with Gasteiger partial charge in [-0.3, -0.25) is 4.79 Å². The Bertz CT molecular complexity index is 643. The molecule has 0 spiro atoms. The van der Waals surface area contributed by atoms with E-state index in [1.165, 1.54) is 0 Å². The first-order chi connectivity index (χ1) is 8.97. The molecule has 19 heavy (non-hydrogen) atoms. The van der Waals surface area contributed by atoms with Crippen LogP contribution in [-0.4, -0.2) is 5.91 Å². The molecule has 0 fully saturated rings. The quantitative estimate of drug-likeness (QED) is 0.804. The number of amides is 1. The lowest BCUT2D eigenvalue weighted by Crippen LogP contribution is -2.12. The highest BCUT2D eigenvalue weighted by Crippen LogP contribution is 2.26. The topological polar surface area (TPSA) is 55.1 Å². The fourth-order valence-electron chi connectivity index (χ4n) is 1.60. The molecule has 0 atom stereocenters. The predicted molar refractivity (Wildman–Crippen MR) is 82.7 cm³/mol. The summed E-state index contributed by atoms with van der Waals surface area (Å²) in [7, 11) is 0. The summed E-state index contributed by atoms with van der Waals surface area (Å²) in [5.41, 5.74) is 8.51. The van der Waals surface area contributed by atoms with E-state index in [4.69, 9.17) is 17.3 Å². The molecule has 3 nitrogen and oxygen atoms in total. The number of nitrogens with one attached hydrogen (secondary N) is 1. The molecule has 3 N–H and O–H groups in total. The molecule has 0 aliphatic rings. The van der Waals surface area contributed by atoms with Gasteiger partial charge in [-0.1, -0.05) is 11.6 Å². The zero-order valence-electron chi connectivity index (χ0n) is 10.2. The van der Waals surface area contributed by atoms with E-state index in [-0.39, 0.29) is 5.91 Å². The number of nitrogens with two attached hydrogens (primary N) is 1. The Balaban J connectivity index is 2.23. The maximum atomic E-state index is 12.1. The van der Waals surface area contributed by atoms with Gasteiger partial charge in [-0.2, -0.15) is 0 Å². The van der Waals surface area contributed by atoms with Crippen LogP contribution >= 0.6 is 27.5 Å². The van der Waals surface area contributed by atoms with Crippen molar-refractivity contribution >= 4 is 44.8 Å². The first-order valence-corrected chi connectivity index (χ1v) is 6.77. The molecule has 98 valence electrons. The van der Waals surface area contributed by atoms with E-state index in [1.807, 2.05) is 6.92 Å². The summed E-state index contributed by atoms with van der Waals surface area (Å²) in [6, 6.07) is 10.4. The van der Waals surface area contributed by atoms with E-state index in [2.05, 4.69) is 21.2 Å². The lowest BCUT2D eigenvalue weighted by Gasteiger charge is -2.09. The molecule has 0 saturated carbocycles. The summed E-state index contributed by atoms with van der Waals surface area (Å²) in [5.74, 6) is -0.189. The van der Waals surface area contributed by atoms with Crippen LogP contribution < -0.4 is 11.1 Å². The highest BCUT2D eigenvalue weighted by molar-refractivity contribution is 9.10. The minimum absolute atomic E-state index is 0.189. The molecule has 2 aromatic rings. The number of halogens is 2. The van der Waals surface area contributed by atoms with Crippen molar-refractivity contribution in [2.45, 2.75) is 6.92 Å². The van der Waals surface area contributed by atoms with Crippen LogP contribution in [0.5, 0.6) is 0 Å². The Labute approximate surface area is 124 Å². The van der Waals surface area contributed by atoms with Crippen molar-refractivity contribution in [3.8, 4) is 0 Å². The van der Waals surface area contributed by atoms with Gasteiger partial charge in [0.1, 0.15) is 0 Å². The predicted octanol–water partition coefficient (Wildman–Crippen LogP) is 4.25. The molecule has 0 saturated heterocycles. The maximum Gasteiger partial charge on any atom is 0.255 e. The standard InChI is InChI=1S/C14H12BrClN2O/c1-8-6-9(2-4-12(8)17)14(19)18-13-5-3-10(16)7-11(13)15/h2-7H,17H2,1H3,(H,18,19). The molecule has 0 aromatic heterocycles. The van der Waals surface area contributed by atoms with Gasteiger partial charge < -0.3 is 11.1 Å². The van der Waals surface area contributed by atoms with Gasteiger partial charge in [0.2, 0.25) is 0 Å². The van der Waals surface area contributed by atoms with Gasteiger partial charge >= 0.3 is 0 Å². The fraction of sp³-hybridized carbons (Fsp3) is 0.0714. The van der Waals surface area contributed by atoms with E-state index in [0.717, 1.165) is 10.0 Å². The molecule has 0 aliphatic carbocycles. The van der Waals surface area contributed by atoms with Crippen molar-refractivity contribution in [1.29, 1.82) is 0 Å². The number of nitrogen functional groups attached to an aromatic ring is 1. The second-order valence-corrected chi connectivity index (χ2v) is 5.44. The molecule has 2 rings (SSSR count). The van der Waals surface area contributed by atoms with Crippen molar-refractivity contribution in [3.63, 3.8) is 0 Å². The van der Waals surface area contributed by atoms with Crippen molar-refractivity contribution in [3.05, 3.63) is 57.0 Å². The number of aryl methyl sites for hydroxylation is 1. The van der Waals surface area contributed by atoms with Crippen LogP contribution in [-0.2, 0) is 0 Å². The van der Waals surface area contributed by atoms with Crippen molar-refractivity contribution in [1.82, 2.24) is 0 Å². The minimum atomic E-state index is -0.189. The van der Waals surface area contributed by atoms with E-state index >= 15 is 0 Å². The summed E-state index contributed by atoms with van der Waals surface area (Å²) in [6.07, 6.45) is 0. The molecular formula is C14H12BrClN2O. The minimum Gasteiger partial charge on any atom is -0.399 e. The normalized spacial score (nSPS) is 10.3. The van der Waals surface area contributed by atoms with Gasteiger partial charge in [0, 0.05) is 20.7 Å². The number of benzene rings is 2. The lowest BCUT2D eigenvalue weighted by molar-refractivity contribution is 0.102. The Morgan fingerprint density at radius 1 is 1.26 bits per heavy atom. The molecule has 5 heteroatoms. The highest BCUT2D eigenvalue weighted by Gasteiger charge is 2.09. The zero-order valence-corrected chi connectivity index (χ0v) is 12.5. The van der Waals surface area contributed by atoms with Gasteiger partial charge in [0.25, 0.3) is 5.91 Å². The van der Waals surface area contributed by atoms with Crippen molar-refractivity contribution in [2.75, 3.05) is 11.1 Å². The molecule has 0 radical (unpaired) electrons. The van der Waals surface area contributed by atoms with E-state index in [1.54, 1.807) is 36.4 Å². The van der Waals surface area contributed by atoms with Crippen LogP contribution in [0.25, 0.3) is 0 Å². The molecule has 0 aliphatic heterocycles. The Hall–Kier alpha value is -1.52. The summed E-state index contributed by atoms with van der Waals surface area (Å²) >= 11 is 9.21. The SMILES string of the molecule is Cc1cc(C(=O)Nc2ccc(Cl)cc2Br)ccc1N. The summed E-state index contributed by atoms with van der Waals surface area (Å²) < 4.78 is 0.737. The monoisotopic (exact) mass is 338 g/mol. The summed E-state index contributed by atoms with van der Waals surface area (Å²) in [6.45, 7) is 1.87. The first kappa shape index (κ1) is 13.9. The second-order valence-electron chi connectivity index (χ2n) is 4.15. The number of carbonyl (C=O) groups is 1. The smallest absolute Gasteiger partial charge is 0.255 e. The summed E-state index contributed by atoms with van der Waals surface area (Å²) in [4.78, 5) is 12.1. The van der Waals surface area contributed by atoms with Crippen LogP contribution in [0.1, 0.15) is 15.9 Å². The average molecular weight is 340 g/mol. The largest absolute Gasteiger partial charge is 0.399 e. The van der Waals surface area contributed by atoms with Gasteiger partial charge in [0.15, 0.2) is 0 Å². The van der Waals surface area contributed by atoms with E-state index in [9.17, 15) is 4.79 Å². The van der Waals surface area contributed by atoms with E-state index in [0.29, 0.717) is 22.0 Å². The molecule has 1 amide bonds. The number of hydrogen-bond donors (Lipinski definition) is 2. The van der Waals surface area contributed by atoms with E-state index < -0.39 is 0 Å². The third-order valence-electron chi connectivity index (χ3n) is 2.71. The Morgan fingerprint density at radius 2 is 2.00 bits per heavy atom. The van der Waals surface area contributed by atoms with Gasteiger partial charge in [0.05, 0.1) is 5.69 Å². The van der Waals surface area contributed by atoms with Crippen LogP contribution in [0.2, 0.25) is 5.02 Å². The molecule has 0 bridgehead atoms. The molecule has 2 aromatic carbocycles. The van der Waals surface area contributed by atoms with Gasteiger partial charge in [-0.15, -0.1) is 0 Å². The maximum absolute atomic E-state index is 12.1. The number of anilines is 2. The molecular weight excluding hydrogens is 328 g/mol. The Kier molecular flexibility index (Phi) is 4.12. The molecule has 0 unspecified atom stereocenters. The van der Waals surface area contributed by atoms with Crippen LogP contribution in [0.4, 0.5) is 11.4 Å². The number of hydrogen-bond acceptors (Lipinski definition) is 2. The zero-order chi connectivity index (χ0) is 14.0. The molecule has 0 heterocycles.